The molecule has 0 saturated carbocycles. The number of hydrazine groups is 1. The largest absolute Gasteiger partial charge is 0.416 e. The second kappa shape index (κ2) is 7.54. The zero-order valence-corrected chi connectivity index (χ0v) is 13.0. The molecule has 4 nitrogen and oxygen atoms in total. The van der Waals surface area contributed by atoms with E-state index in [-0.39, 0.29) is 17.9 Å². The van der Waals surface area contributed by atoms with Crippen LogP contribution in [-0.4, -0.2) is 12.5 Å². The summed E-state index contributed by atoms with van der Waals surface area (Å²) in [5.41, 5.74) is 2.79. The molecule has 10 heteroatoms. The van der Waals surface area contributed by atoms with E-state index in [2.05, 4.69) is 16.2 Å². The molecule has 3 N–H and O–H groups in total. The van der Waals surface area contributed by atoms with Gasteiger partial charge in [0.05, 0.1) is 23.4 Å². The molecule has 140 valence electrons. The number of alkyl halides is 6. The van der Waals surface area contributed by atoms with E-state index in [1.54, 1.807) is 0 Å². The number of rotatable bonds is 5. The lowest BCUT2D eigenvalue weighted by molar-refractivity contribution is -0.138. The average Bonchev–Trinajstić information content (AvgIpc) is 2.57. The summed E-state index contributed by atoms with van der Waals surface area (Å²) in [6.07, 6.45) is -9.03. The zero-order valence-electron chi connectivity index (χ0n) is 13.0. The van der Waals surface area contributed by atoms with Crippen molar-refractivity contribution in [2.45, 2.75) is 12.4 Å². The van der Waals surface area contributed by atoms with Crippen LogP contribution in [0.1, 0.15) is 11.1 Å². The summed E-state index contributed by atoms with van der Waals surface area (Å²) in [4.78, 5) is 11.7. The van der Waals surface area contributed by atoms with Gasteiger partial charge in [-0.1, -0.05) is 12.1 Å². The van der Waals surface area contributed by atoms with E-state index < -0.39 is 29.4 Å². The van der Waals surface area contributed by atoms with Crippen LogP contribution in [0.4, 0.5) is 37.7 Å². The van der Waals surface area contributed by atoms with E-state index in [0.717, 1.165) is 30.3 Å². The topological polar surface area (TPSA) is 53.2 Å². The van der Waals surface area contributed by atoms with E-state index in [9.17, 15) is 31.1 Å². The van der Waals surface area contributed by atoms with Crippen molar-refractivity contribution in [2.24, 2.45) is 0 Å². The van der Waals surface area contributed by atoms with Gasteiger partial charge in [0.2, 0.25) is 0 Å². The summed E-state index contributed by atoms with van der Waals surface area (Å²) in [6, 6.07) is 8.43. The van der Waals surface area contributed by atoms with Crippen molar-refractivity contribution < 1.29 is 31.1 Å². The Labute approximate surface area is 144 Å². The van der Waals surface area contributed by atoms with Crippen LogP contribution in [0.25, 0.3) is 0 Å². The molecule has 0 bridgehead atoms. The Balaban J connectivity index is 1.88. The molecule has 0 radical (unpaired) electrons. The minimum absolute atomic E-state index is 0.00671. The van der Waals surface area contributed by atoms with Crippen molar-refractivity contribution in [3.8, 4) is 0 Å². The lowest BCUT2D eigenvalue weighted by atomic mass is 10.2. The van der Waals surface area contributed by atoms with Crippen molar-refractivity contribution in [2.75, 3.05) is 17.3 Å². The molecule has 0 aliphatic carbocycles. The maximum Gasteiger partial charge on any atom is 0.416 e. The van der Waals surface area contributed by atoms with Crippen LogP contribution in [-0.2, 0) is 17.1 Å². The highest BCUT2D eigenvalue weighted by molar-refractivity contribution is 5.81. The first-order valence-electron chi connectivity index (χ1n) is 7.19. The Morgan fingerprint density at radius 1 is 0.808 bits per heavy atom. The lowest BCUT2D eigenvalue weighted by Crippen LogP contribution is -2.34. The fraction of sp³-hybridized carbons (Fsp3) is 0.188. The average molecular weight is 377 g/mol. The highest BCUT2D eigenvalue weighted by Crippen LogP contribution is 2.31. The molecule has 0 aliphatic rings. The van der Waals surface area contributed by atoms with Crippen molar-refractivity contribution in [3.05, 3.63) is 59.7 Å². The van der Waals surface area contributed by atoms with Crippen LogP contribution >= 0.6 is 0 Å². The predicted molar refractivity (Wildman–Crippen MR) is 83.1 cm³/mol. The molecule has 0 saturated heterocycles. The number of amides is 1. The van der Waals surface area contributed by atoms with Crippen LogP contribution in [0, 0.1) is 0 Å². The maximum absolute atomic E-state index is 12.6. The van der Waals surface area contributed by atoms with Gasteiger partial charge < -0.3 is 5.32 Å². The first-order valence-corrected chi connectivity index (χ1v) is 7.19. The van der Waals surface area contributed by atoms with Gasteiger partial charge in [-0.15, -0.1) is 0 Å². The highest BCUT2D eigenvalue weighted by Gasteiger charge is 2.31. The van der Waals surface area contributed by atoms with Crippen molar-refractivity contribution >= 4 is 17.3 Å². The molecule has 2 aromatic carbocycles. The van der Waals surface area contributed by atoms with Gasteiger partial charge in [0, 0.05) is 5.69 Å². The standard InChI is InChI=1S/C16H13F6N3O/c17-15(18,19)10-3-1-5-12(7-10)23-9-14(26)25-24-13-6-2-4-11(8-13)16(20,21)22/h1-8,23-24H,9H2,(H,25,26). The number of benzene rings is 2. The second-order valence-electron chi connectivity index (χ2n) is 5.18. The molecule has 0 fully saturated rings. The van der Waals surface area contributed by atoms with E-state index >= 15 is 0 Å². The van der Waals surface area contributed by atoms with Gasteiger partial charge in [-0.2, -0.15) is 26.3 Å². The molecule has 0 spiro atoms. The second-order valence-corrected chi connectivity index (χ2v) is 5.18. The van der Waals surface area contributed by atoms with Crippen molar-refractivity contribution in [1.82, 2.24) is 5.43 Å². The first kappa shape index (κ1) is 19.4. The number of hydrogen-bond acceptors (Lipinski definition) is 3. The number of hydrogen-bond donors (Lipinski definition) is 3. The third-order valence-electron chi connectivity index (χ3n) is 3.18. The number of carbonyl (C=O) groups excluding carboxylic acids is 1. The van der Waals surface area contributed by atoms with Crippen molar-refractivity contribution in [3.63, 3.8) is 0 Å². The Kier molecular flexibility index (Phi) is 5.63. The highest BCUT2D eigenvalue weighted by atomic mass is 19.4. The molecule has 26 heavy (non-hydrogen) atoms. The van der Waals surface area contributed by atoms with Gasteiger partial charge in [0.25, 0.3) is 5.91 Å². The van der Waals surface area contributed by atoms with E-state index in [4.69, 9.17) is 0 Å². The predicted octanol–water partition coefficient (Wildman–Crippen LogP) is 4.28. The lowest BCUT2D eigenvalue weighted by Gasteiger charge is -2.13. The normalized spacial score (nSPS) is 11.8. The molecular weight excluding hydrogens is 364 g/mol. The summed E-state index contributed by atoms with van der Waals surface area (Å²) < 4.78 is 75.5. The van der Waals surface area contributed by atoms with Gasteiger partial charge in [-0.3, -0.25) is 15.6 Å². The Morgan fingerprint density at radius 2 is 1.31 bits per heavy atom. The molecular formula is C16H13F6N3O. The van der Waals surface area contributed by atoms with Crippen LogP contribution in [0.2, 0.25) is 0 Å². The molecule has 0 aromatic heterocycles. The van der Waals surface area contributed by atoms with E-state index in [0.29, 0.717) is 0 Å². The molecule has 1 amide bonds. The number of nitrogens with one attached hydrogen (secondary N) is 3. The summed E-state index contributed by atoms with van der Waals surface area (Å²) in [5, 5.41) is 2.50. The van der Waals surface area contributed by atoms with E-state index in [1.807, 2.05) is 0 Å². The number of carbonyl (C=O) groups is 1. The van der Waals surface area contributed by atoms with Gasteiger partial charge in [0.1, 0.15) is 0 Å². The number of halogens is 6. The van der Waals surface area contributed by atoms with Crippen LogP contribution in [0.15, 0.2) is 48.5 Å². The van der Waals surface area contributed by atoms with Gasteiger partial charge in [0.15, 0.2) is 0 Å². The molecule has 0 aliphatic heterocycles. The monoisotopic (exact) mass is 377 g/mol. The summed E-state index contributed by atoms with van der Waals surface area (Å²) in [5.74, 6) is -0.681. The Morgan fingerprint density at radius 3 is 1.85 bits per heavy atom. The Bertz CT molecular complexity index is 710. The third kappa shape index (κ3) is 5.57. The molecule has 0 atom stereocenters. The van der Waals surface area contributed by atoms with Gasteiger partial charge in [-0.25, -0.2) is 0 Å². The smallest absolute Gasteiger partial charge is 0.376 e. The number of anilines is 2. The fourth-order valence-electron chi connectivity index (χ4n) is 1.95. The summed E-state index contributed by atoms with van der Waals surface area (Å²) in [7, 11) is 0. The third-order valence-corrected chi connectivity index (χ3v) is 3.18. The van der Waals surface area contributed by atoms with Crippen LogP contribution in [0.5, 0.6) is 0 Å². The van der Waals surface area contributed by atoms with Gasteiger partial charge >= 0.3 is 12.4 Å². The Hall–Kier alpha value is -2.91. The molecule has 0 unspecified atom stereocenters. The van der Waals surface area contributed by atoms with Crippen LogP contribution < -0.4 is 16.2 Å². The minimum Gasteiger partial charge on any atom is -0.376 e. The fourth-order valence-corrected chi connectivity index (χ4v) is 1.95. The first-order chi connectivity index (χ1) is 12.1. The molecule has 2 aromatic rings. The quantitative estimate of drug-likeness (QED) is 0.539. The van der Waals surface area contributed by atoms with E-state index in [1.165, 1.54) is 18.2 Å². The minimum atomic E-state index is -4.52. The SMILES string of the molecule is O=C(CNc1cccc(C(F)(F)F)c1)NNc1cccc(C(F)(F)F)c1. The molecule has 2 rings (SSSR count). The molecule has 0 heterocycles. The zero-order chi connectivity index (χ0) is 19.4. The summed E-state index contributed by atoms with van der Waals surface area (Å²) in [6.45, 7) is -0.382. The van der Waals surface area contributed by atoms with Gasteiger partial charge in [-0.05, 0) is 36.4 Å². The van der Waals surface area contributed by atoms with Crippen LogP contribution in [0.3, 0.4) is 0 Å². The maximum atomic E-state index is 12.6. The van der Waals surface area contributed by atoms with Crippen molar-refractivity contribution in [1.29, 1.82) is 0 Å². The summed E-state index contributed by atoms with van der Waals surface area (Å²) >= 11 is 0.